The topological polar surface area (TPSA) is 45.1 Å². The largest absolute Gasteiger partial charge is 0.508 e. The Bertz CT molecular complexity index is 738. The molecular weight excluding hydrogens is 260 g/mol. The average molecular weight is 278 g/mol. The van der Waals surface area contributed by atoms with Crippen molar-refractivity contribution in [2.75, 3.05) is 5.32 Å². The maximum absolute atomic E-state index is 9.30. The molecule has 3 rings (SSSR count). The summed E-state index contributed by atoms with van der Waals surface area (Å²) in [5.74, 6) is 0.304. The number of rotatable bonds is 4. The predicted molar refractivity (Wildman–Crippen MR) is 86.6 cm³/mol. The first-order valence-corrected chi connectivity index (χ1v) is 7.10. The third kappa shape index (κ3) is 3.31. The number of anilines is 1. The van der Waals surface area contributed by atoms with Gasteiger partial charge in [-0.25, -0.2) is 0 Å². The molecule has 106 valence electrons. The molecule has 0 amide bonds. The number of hydrogen-bond donors (Lipinski definition) is 2. The number of aromatic hydroxyl groups is 1. The Morgan fingerprint density at radius 3 is 2.67 bits per heavy atom. The van der Waals surface area contributed by atoms with Gasteiger partial charge in [-0.05, 0) is 43.2 Å². The Hall–Kier alpha value is -2.55. The second-order valence-corrected chi connectivity index (χ2v) is 5.33. The molecule has 0 bridgehead atoms. The van der Waals surface area contributed by atoms with Gasteiger partial charge in [-0.3, -0.25) is 4.98 Å². The number of aromatic nitrogens is 1. The van der Waals surface area contributed by atoms with Crippen molar-refractivity contribution in [1.29, 1.82) is 0 Å². The van der Waals surface area contributed by atoms with E-state index >= 15 is 0 Å². The van der Waals surface area contributed by atoms with Crippen molar-refractivity contribution in [3.63, 3.8) is 0 Å². The summed E-state index contributed by atoms with van der Waals surface area (Å²) in [4.78, 5) is 4.46. The molecule has 1 aromatic heterocycles. The van der Waals surface area contributed by atoms with Gasteiger partial charge in [0.05, 0.1) is 17.4 Å². The molecule has 0 radical (unpaired) electrons. The average Bonchev–Trinajstić information content (AvgIpc) is 2.49. The zero-order valence-corrected chi connectivity index (χ0v) is 12.0. The molecule has 1 heterocycles. The molecule has 3 heteroatoms. The zero-order valence-electron chi connectivity index (χ0n) is 12.0. The second kappa shape index (κ2) is 5.83. The number of pyridine rings is 1. The molecule has 3 nitrogen and oxygen atoms in total. The van der Waals surface area contributed by atoms with Gasteiger partial charge in [0, 0.05) is 11.4 Å². The maximum atomic E-state index is 9.30. The molecule has 2 N–H and O–H groups in total. The molecule has 2 aromatic carbocycles. The summed E-state index contributed by atoms with van der Waals surface area (Å²) in [5, 5.41) is 13.9. The van der Waals surface area contributed by atoms with Gasteiger partial charge in [0.1, 0.15) is 5.75 Å². The molecule has 0 aliphatic heterocycles. The minimum absolute atomic E-state index is 0.289. The monoisotopic (exact) mass is 278 g/mol. The van der Waals surface area contributed by atoms with Crippen molar-refractivity contribution < 1.29 is 5.11 Å². The summed E-state index contributed by atoms with van der Waals surface area (Å²) < 4.78 is 0. The first-order chi connectivity index (χ1) is 10.2. The third-order valence-electron chi connectivity index (χ3n) is 3.48. The van der Waals surface area contributed by atoms with Crippen LogP contribution < -0.4 is 5.32 Å². The van der Waals surface area contributed by atoms with Gasteiger partial charge in [-0.2, -0.15) is 0 Å². The molecule has 3 aromatic rings. The summed E-state index contributed by atoms with van der Waals surface area (Å²) in [6.45, 7) is 2.14. The Balaban J connectivity index is 1.70. The Kier molecular flexibility index (Phi) is 3.73. The number of phenolic OH excluding ortho intramolecular Hbond substituents is 1. The van der Waals surface area contributed by atoms with E-state index in [1.54, 1.807) is 12.1 Å². The molecule has 0 spiro atoms. The van der Waals surface area contributed by atoms with E-state index in [0.29, 0.717) is 5.75 Å². The van der Waals surface area contributed by atoms with E-state index in [1.807, 2.05) is 36.5 Å². The molecule has 0 saturated carbocycles. The normalized spacial score (nSPS) is 12.2. The fraction of sp³-hybridized carbons (Fsp3) is 0.167. The van der Waals surface area contributed by atoms with E-state index in [1.165, 1.54) is 5.56 Å². The van der Waals surface area contributed by atoms with Crippen LogP contribution in [0, 0.1) is 0 Å². The molecular formula is C18H18N2O. The van der Waals surface area contributed by atoms with E-state index in [9.17, 15) is 5.11 Å². The van der Waals surface area contributed by atoms with Crippen LogP contribution in [0.3, 0.4) is 0 Å². The van der Waals surface area contributed by atoms with Crippen molar-refractivity contribution in [2.24, 2.45) is 0 Å². The number of nitrogens with one attached hydrogen (secondary N) is 1. The SMILES string of the molecule is CC(Cc1ccc(O)cc1)Nc1cnc2ccccc2c1. The minimum Gasteiger partial charge on any atom is -0.508 e. The fourth-order valence-corrected chi connectivity index (χ4v) is 2.47. The first kappa shape index (κ1) is 13.4. The molecule has 0 aliphatic carbocycles. The lowest BCUT2D eigenvalue weighted by atomic mass is 10.1. The lowest BCUT2D eigenvalue weighted by molar-refractivity contribution is 0.475. The smallest absolute Gasteiger partial charge is 0.115 e. The van der Waals surface area contributed by atoms with Crippen LogP contribution in [0.15, 0.2) is 60.8 Å². The van der Waals surface area contributed by atoms with Gasteiger partial charge in [-0.15, -0.1) is 0 Å². The third-order valence-corrected chi connectivity index (χ3v) is 3.48. The highest BCUT2D eigenvalue weighted by molar-refractivity contribution is 5.81. The summed E-state index contributed by atoms with van der Waals surface area (Å²) in [5.41, 5.74) is 3.23. The Morgan fingerprint density at radius 2 is 1.86 bits per heavy atom. The van der Waals surface area contributed by atoms with Crippen LogP contribution in [0.5, 0.6) is 5.75 Å². The van der Waals surface area contributed by atoms with Gasteiger partial charge in [-0.1, -0.05) is 30.3 Å². The molecule has 1 atom stereocenters. The number of benzene rings is 2. The summed E-state index contributed by atoms with van der Waals surface area (Å²) in [6, 6.07) is 17.9. The van der Waals surface area contributed by atoms with Gasteiger partial charge in [0.2, 0.25) is 0 Å². The Labute approximate surface area is 124 Å². The van der Waals surface area contributed by atoms with Gasteiger partial charge < -0.3 is 10.4 Å². The number of fused-ring (bicyclic) bond motifs is 1. The summed E-state index contributed by atoms with van der Waals surface area (Å²) in [6.07, 6.45) is 2.77. The fourth-order valence-electron chi connectivity index (χ4n) is 2.47. The minimum atomic E-state index is 0.289. The Morgan fingerprint density at radius 1 is 1.10 bits per heavy atom. The second-order valence-electron chi connectivity index (χ2n) is 5.33. The van der Waals surface area contributed by atoms with Crippen LogP contribution in [-0.2, 0) is 6.42 Å². The highest BCUT2D eigenvalue weighted by atomic mass is 16.3. The van der Waals surface area contributed by atoms with Crippen molar-refractivity contribution in [3.8, 4) is 5.75 Å². The van der Waals surface area contributed by atoms with Crippen LogP contribution in [0.25, 0.3) is 10.9 Å². The van der Waals surface area contributed by atoms with Gasteiger partial charge >= 0.3 is 0 Å². The quantitative estimate of drug-likeness (QED) is 0.758. The van der Waals surface area contributed by atoms with Crippen LogP contribution in [0.4, 0.5) is 5.69 Å². The molecule has 0 aliphatic rings. The van der Waals surface area contributed by atoms with Crippen molar-refractivity contribution >= 4 is 16.6 Å². The lowest BCUT2D eigenvalue weighted by Crippen LogP contribution is -2.18. The molecule has 0 fully saturated rings. The number of nitrogens with zero attached hydrogens (tertiary/aromatic N) is 1. The van der Waals surface area contributed by atoms with Crippen molar-refractivity contribution in [3.05, 3.63) is 66.4 Å². The zero-order chi connectivity index (χ0) is 14.7. The van der Waals surface area contributed by atoms with Gasteiger partial charge in [0.15, 0.2) is 0 Å². The number of hydrogen-bond acceptors (Lipinski definition) is 3. The van der Waals surface area contributed by atoms with E-state index in [-0.39, 0.29) is 6.04 Å². The van der Waals surface area contributed by atoms with Crippen molar-refractivity contribution in [1.82, 2.24) is 4.98 Å². The summed E-state index contributed by atoms with van der Waals surface area (Å²) >= 11 is 0. The molecule has 0 saturated heterocycles. The van der Waals surface area contributed by atoms with E-state index < -0.39 is 0 Å². The highest BCUT2D eigenvalue weighted by Gasteiger charge is 2.05. The standard InChI is InChI=1S/C18H18N2O/c1-13(10-14-6-8-17(21)9-7-14)20-16-11-15-4-2-3-5-18(15)19-12-16/h2-9,11-13,20-21H,10H2,1H3. The lowest BCUT2D eigenvalue weighted by Gasteiger charge is -2.15. The van der Waals surface area contributed by atoms with Crippen LogP contribution in [0.2, 0.25) is 0 Å². The van der Waals surface area contributed by atoms with E-state index in [2.05, 4.69) is 29.4 Å². The predicted octanol–water partition coefficient (Wildman–Crippen LogP) is 3.98. The van der Waals surface area contributed by atoms with Crippen molar-refractivity contribution in [2.45, 2.75) is 19.4 Å². The van der Waals surface area contributed by atoms with Gasteiger partial charge in [0.25, 0.3) is 0 Å². The highest BCUT2D eigenvalue weighted by Crippen LogP contribution is 2.18. The maximum Gasteiger partial charge on any atom is 0.115 e. The number of phenols is 1. The summed E-state index contributed by atoms with van der Waals surface area (Å²) in [7, 11) is 0. The van der Waals surface area contributed by atoms with Crippen LogP contribution in [0.1, 0.15) is 12.5 Å². The first-order valence-electron chi connectivity index (χ1n) is 7.10. The molecule has 1 unspecified atom stereocenters. The van der Waals surface area contributed by atoms with E-state index in [4.69, 9.17) is 0 Å². The van der Waals surface area contributed by atoms with Crippen LogP contribution >= 0.6 is 0 Å². The van der Waals surface area contributed by atoms with Crippen LogP contribution in [-0.4, -0.2) is 16.1 Å². The number of para-hydroxylation sites is 1. The van der Waals surface area contributed by atoms with E-state index in [0.717, 1.165) is 23.0 Å². The molecule has 21 heavy (non-hydrogen) atoms.